The molecule has 19 heavy (non-hydrogen) atoms. The standard InChI is InChI=1S/C15H23FN2O/c1-11(17)14-9-13(16)5-6-15(14)18(2)7-8-19-10-12-3-4-12/h5-6,9,11-12H,3-4,7-8,10,17H2,1-2H3. The Kier molecular flexibility index (Phi) is 4.77. The van der Waals surface area contributed by atoms with Crippen LogP contribution in [0.3, 0.4) is 0 Å². The second-order valence-corrected chi connectivity index (χ2v) is 5.43. The Morgan fingerprint density at radius 2 is 2.21 bits per heavy atom. The minimum atomic E-state index is -0.241. The minimum Gasteiger partial charge on any atom is -0.379 e. The van der Waals surface area contributed by atoms with Crippen LogP contribution in [0.25, 0.3) is 0 Å². The van der Waals surface area contributed by atoms with Gasteiger partial charge in [0.25, 0.3) is 0 Å². The first kappa shape index (κ1) is 14.3. The van der Waals surface area contributed by atoms with Crippen LogP contribution in [0.4, 0.5) is 10.1 Å². The summed E-state index contributed by atoms with van der Waals surface area (Å²) in [5.74, 6) is 0.546. The molecule has 1 aromatic rings. The van der Waals surface area contributed by atoms with Gasteiger partial charge in [-0.25, -0.2) is 4.39 Å². The highest BCUT2D eigenvalue weighted by atomic mass is 19.1. The summed E-state index contributed by atoms with van der Waals surface area (Å²) >= 11 is 0. The molecule has 106 valence electrons. The quantitative estimate of drug-likeness (QED) is 0.771. The number of nitrogens with two attached hydrogens (primary N) is 1. The number of benzene rings is 1. The van der Waals surface area contributed by atoms with Crippen molar-refractivity contribution in [1.82, 2.24) is 0 Å². The molecule has 0 saturated heterocycles. The van der Waals surface area contributed by atoms with Crippen molar-refractivity contribution in [3.8, 4) is 0 Å². The van der Waals surface area contributed by atoms with Crippen molar-refractivity contribution in [2.45, 2.75) is 25.8 Å². The second-order valence-electron chi connectivity index (χ2n) is 5.43. The molecule has 1 saturated carbocycles. The van der Waals surface area contributed by atoms with E-state index in [0.29, 0.717) is 6.61 Å². The molecule has 1 unspecified atom stereocenters. The lowest BCUT2D eigenvalue weighted by atomic mass is 10.1. The highest BCUT2D eigenvalue weighted by Gasteiger charge is 2.21. The van der Waals surface area contributed by atoms with Gasteiger partial charge in [-0.2, -0.15) is 0 Å². The summed E-state index contributed by atoms with van der Waals surface area (Å²) in [6.45, 7) is 4.23. The van der Waals surface area contributed by atoms with Crippen molar-refractivity contribution in [3.63, 3.8) is 0 Å². The van der Waals surface area contributed by atoms with E-state index < -0.39 is 0 Å². The van der Waals surface area contributed by atoms with Gasteiger partial charge in [0.1, 0.15) is 5.82 Å². The number of hydrogen-bond acceptors (Lipinski definition) is 3. The summed E-state index contributed by atoms with van der Waals surface area (Å²) in [6, 6.07) is 4.60. The summed E-state index contributed by atoms with van der Waals surface area (Å²) in [5, 5.41) is 0. The third kappa shape index (κ3) is 4.18. The van der Waals surface area contributed by atoms with Crippen molar-refractivity contribution in [2.24, 2.45) is 11.7 Å². The maximum atomic E-state index is 13.3. The van der Waals surface area contributed by atoms with E-state index in [1.165, 1.54) is 25.0 Å². The van der Waals surface area contributed by atoms with Crippen LogP contribution < -0.4 is 10.6 Å². The Hall–Kier alpha value is -1.13. The predicted molar refractivity (Wildman–Crippen MR) is 75.8 cm³/mol. The molecule has 1 atom stereocenters. The molecular weight excluding hydrogens is 243 g/mol. The smallest absolute Gasteiger partial charge is 0.123 e. The molecule has 1 fully saturated rings. The molecule has 4 heteroatoms. The third-order valence-corrected chi connectivity index (χ3v) is 3.51. The Morgan fingerprint density at radius 3 is 2.84 bits per heavy atom. The molecule has 2 N–H and O–H groups in total. The van der Waals surface area contributed by atoms with Crippen LogP contribution in [-0.2, 0) is 4.74 Å². The van der Waals surface area contributed by atoms with Gasteiger partial charge in [0.15, 0.2) is 0 Å². The van der Waals surface area contributed by atoms with Crippen LogP contribution in [0.5, 0.6) is 0 Å². The van der Waals surface area contributed by atoms with Crippen LogP contribution in [0.15, 0.2) is 18.2 Å². The van der Waals surface area contributed by atoms with E-state index >= 15 is 0 Å². The number of likely N-dealkylation sites (N-methyl/N-ethyl adjacent to an activating group) is 1. The zero-order valence-corrected chi connectivity index (χ0v) is 11.7. The normalized spacial score (nSPS) is 16.4. The van der Waals surface area contributed by atoms with Gasteiger partial charge in [-0.3, -0.25) is 0 Å². The zero-order valence-electron chi connectivity index (χ0n) is 11.7. The molecule has 1 aliphatic rings. The van der Waals surface area contributed by atoms with E-state index in [0.717, 1.165) is 30.3 Å². The molecule has 2 rings (SSSR count). The van der Waals surface area contributed by atoms with Gasteiger partial charge in [0.2, 0.25) is 0 Å². The molecule has 0 heterocycles. The molecule has 3 nitrogen and oxygen atoms in total. The molecule has 0 radical (unpaired) electrons. The molecule has 0 aromatic heterocycles. The van der Waals surface area contributed by atoms with Crippen LogP contribution in [-0.4, -0.2) is 26.8 Å². The minimum absolute atomic E-state index is 0.180. The Labute approximate surface area is 114 Å². The van der Waals surface area contributed by atoms with Crippen molar-refractivity contribution in [1.29, 1.82) is 0 Å². The van der Waals surface area contributed by atoms with Crippen molar-refractivity contribution in [3.05, 3.63) is 29.6 Å². The molecule has 1 aliphatic carbocycles. The molecule has 1 aromatic carbocycles. The van der Waals surface area contributed by atoms with Gasteiger partial charge in [0, 0.05) is 31.9 Å². The summed E-state index contributed by atoms with van der Waals surface area (Å²) in [7, 11) is 1.99. The summed E-state index contributed by atoms with van der Waals surface area (Å²) in [5.41, 5.74) is 7.72. The first-order chi connectivity index (χ1) is 9.08. The average molecular weight is 266 g/mol. The Balaban J connectivity index is 1.90. The molecule has 0 aliphatic heterocycles. The van der Waals surface area contributed by atoms with Gasteiger partial charge in [-0.05, 0) is 49.4 Å². The number of nitrogens with zero attached hydrogens (tertiary/aromatic N) is 1. The lowest BCUT2D eigenvalue weighted by Gasteiger charge is -2.24. The fraction of sp³-hybridized carbons (Fsp3) is 0.600. The van der Waals surface area contributed by atoms with Gasteiger partial charge in [-0.1, -0.05) is 0 Å². The predicted octanol–water partition coefficient (Wildman–Crippen LogP) is 2.71. The average Bonchev–Trinajstić information content (AvgIpc) is 3.18. The SMILES string of the molecule is CC(N)c1cc(F)ccc1N(C)CCOCC1CC1. The number of hydrogen-bond donors (Lipinski definition) is 1. The zero-order chi connectivity index (χ0) is 13.8. The summed E-state index contributed by atoms with van der Waals surface area (Å²) in [4.78, 5) is 2.07. The number of anilines is 1. The van der Waals surface area contributed by atoms with E-state index in [4.69, 9.17) is 10.5 Å². The number of halogens is 1. The summed E-state index contributed by atoms with van der Waals surface area (Å²) < 4.78 is 18.9. The van der Waals surface area contributed by atoms with E-state index in [1.807, 2.05) is 14.0 Å². The van der Waals surface area contributed by atoms with Crippen LogP contribution in [0, 0.1) is 11.7 Å². The van der Waals surface area contributed by atoms with E-state index in [-0.39, 0.29) is 11.9 Å². The van der Waals surface area contributed by atoms with E-state index in [1.54, 1.807) is 6.07 Å². The van der Waals surface area contributed by atoms with Crippen LogP contribution >= 0.6 is 0 Å². The maximum Gasteiger partial charge on any atom is 0.123 e. The van der Waals surface area contributed by atoms with Gasteiger partial charge >= 0.3 is 0 Å². The topological polar surface area (TPSA) is 38.5 Å². The second kappa shape index (κ2) is 6.35. The van der Waals surface area contributed by atoms with E-state index in [2.05, 4.69) is 4.90 Å². The Morgan fingerprint density at radius 1 is 1.47 bits per heavy atom. The Bertz CT molecular complexity index is 419. The molecular formula is C15H23FN2O. The van der Waals surface area contributed by atoms with E-state index in [9.17, 15) is 4.39 Å². The van der Waals surface area contributed by atoms with Crippen molar-refractivity contribution in [2.75, 3.05) is 31.7 Å². The van der Waals surface area contributed by atoms with Gasteiger partial charge in [0.05, 0.1) is 6.61 Å². The van der Waals surface area contributed by atoms with Gasteiger partial charge < -0.3 is 15.4 Å². The maximum absolute atomic E-state index is 13.3. The highest BCUT2D eigenvalue weighted by molar-refractivity contribution is 5.54. The van der Waals surface area contributed by atoms with Crippen LogP contribution in [0.1, 0.15) is 31.4 Å². The fourth-order valence-electron chi connectivity index (χ4n) is 2.09. The largest absolute Gasteiger partial charge is 0.379 e. The lowest BCUT2D eigenvalue weighted by Crippen LogP contribution is -2.25. The molecule has 0 spiro atoms. The summed E-state index contributed by atoms with van der Waals surface area (Å²) in [6.07, 6.45) is 2.62. The first-order valence-electron chi connectivity index (χ1n) is 6.92. The fourth-order valence-corrected chi connectivity index (χ4v) is 2.09. The number of ether oxygens (including phenoxy) is 1. The molecule has 0 amide bonds. The highest BCUT2D eigenvalue weighted by Crippen LogP contribution is 2.29. The van der Waals surface area contributed by atoms with Gasteiger partial charge in [-0.15, -0.1) is 0 Å². The monoisotopic (exact) mass is 266 g/mol. The molecule has 0 bridgehead atoms. The third-order valence-electron chi connectivity index (χ3n) is 3.51. The lowest BCUT2D eigenvalue weighted by molar-refractivity contribution is 0.131. The van der Waals surface area contributed by atoms with Crippen molar-refractivity contribution < 1.29 is 9.13 Å². The number of rotatable bonds is 7. The van der Waals surface area contributed by atoms with Crippen molar-refractivity contribution >= 4 is 5.69 Å². The first-order valence-corrected chi connectivity index (χ1v) is 6.92. The van der Waals surface area contributed by atoms with Crippen LogP contribution in [0.2, 0.25) is 0 Å².